The third-order valence-corrected chi connectivity index (χ3v) is 6.16. The van der Waals surface area contributed by atoms with Gasteiger partial charge in [0.1, 0.15) is 6.61 Å². The number of hydrogen-bond donors (Lipinski definition) is 0. The lowest BCUT2D eigenvalue weighted by molar-refractivity contribution is 0.0869. The molecule has 2 aromatic rings. The summed E-state index contributed by atoms with van der Waals surface area (Å²) in [7, 11) is -1.02. The van der Waals surface area contributed by atoms with E-state index in [-0.39, 0.29) is 6.09 Å². The lowest BCUT2D eigenvalue weighted by atomic mass is 9.89. The normalized spacial score (nSPS) is 16.3. The van der Waals surface area contributed by atoms with Crippen LogP contribution in [0.25, 0.3) is 0 Å². The van der Waals surface area contributed by atoms with Crippen molar-refractivity contribution in [3.63, 3.8) is 0 Å². The molecule has 1 unspecified atom stereocenters. The van der Waals surface area contributed by atoms with Crippen molar-refractivity contribution in [3.05, 3.63) is 64.1 Å². The molecule has 26 heavy (non-hydrogen) atoms. The molecule has 1 aliphatic rings. The Bertz CT molecular complexity index is 789. The number of hydrogen-bond acceptors (Lipinski definition) is 3. The van der Waals surface area contributed by atoms with Gasteiger partial charge in [0.15, 0.2) is 0 Å². The molecule has 0 aliphatic carbocycles. The molecule has 3 rings (SSSR count). The molecule has 0 bridgehead atoms. The van der Waals surface area contributed by atoms with Crippen molar-refractivity contribution >= 4 is 32.8 Å². The van der Waals surface area contributed by atoms with Gasteiger partial charge >= 0.3 is 6.09 Å². The van der Waals surface area contributed by atoms with Crippen LogP contribution in [0.5, 0.6) is 0 Å². The molecule has 1 atom stereocenters. The van der Waals surface area contributed by atoms with E-state index >= 15 is 0 Å². The Morgan fingerprint density at radius 3 is 2.54 bits per heavy atom. The number of amides is 1. The van der Waals surface area contributed by atoms with E-state index in [1.165, 1.54) is 0 Å². The van der Waals surface area contributed by atoms with Gasteiger partial charge in [-0.2, -0.15) is 0 Å². The summed E-state index contributed by atoms with van der Waals surface area (Å²) in [6.45, 7) is 1.60. The van der Waals surface area contributed by atoms with Crippen LogP contribution in [0.2, 0.25) is 0 Å². The van der Waals surface area contributed by atoms with Crippen molar-refractivity contribution in [3.8, 4) is 0 Å². The molecule has 0 N–H and O–H groups in total. The summed E-state index contributed by atoms with van der Waals surface area (Å²) in [5, 5.41) is 0. The van der Waals surface area contributed by atoms with Gasteiger partial charge in [0, 0.05) is 28.7 Å². The van der Waals surface area contributed by atoms with E-state index in [4.69, 9.17) is 4.74 Å². The predicted octanol–water partition coefficient (Wildman–Crippen LogP) is 4.70. The second-order valence-electron chi connectivity index (χ2n) is 6.44. The van der Waals surface area contributed by atoms with E-state index in [2.05, 4.69) is 22.0 Å². The molecule has 1 fully saturated rings. The number of nitrogens with zero attached hydrogens (tertiary/aromatic N) is 1. The molecule has 0 radical (unpaired) electrons. The standard InChI is InChI=1S/C20H22BrNO3S/c1-26(24)19-8-7-17(21)13-18(19)16-9-11-22(12-10-16)20(23)25-14-15-5-3-2-4-6-15/h2-8,13,16H,9-12,14H2,1H3. The number of piperidine rings is 1. The molecule has 6 heteroatoms. The van der Waals surface area contributed by atoms with Crippen LogP contribution in [0.15, 0.2) is 57.9 Å². The molecule has 4 nitrogen and oxygen atoms in total. The van der Waals surface area contributed by atoms with E-state index in [0.29, 0.717) is 25.6 Å². The van der Waals surface area contributed by atoms with Crippen LogP contribution in [0, 0.1) is 0 Å². The minimum atomic E-state index is -1.02. The summed E-state index contributed by atoms with van der Waals surface area (Å²) in [4.78, 5) is 14.9. The number of benzene rings is 2. The Balaban J connectivity index is 1.58. The van der Waals surface area contributed by atoms with Gasteiger partial charge < -0.3 is 9.64 Å². The van der Waals surface area contributed by atoms with Gasteiger partial charge in [-0.3, -0.25) is 4.21 Å². The molecule has 1 saturated heterocycles. The first-order valence-electron chi connectivity index (χ1n) is 8.63. The van der Waals surface area contributed by atoms with Gasteiger partial charge in [0.05, 0.1) is 10.8 Å². The number of halogens is 1. The number of likely N-dealkylation sites (tertiary alicyclic amines) is 1. The third-order valence-electron chi connectivity index (χ3n) is 4.68. The van der Waals surface area contributed by atoms with Crippen molar-refractivity contribution in [2.75, 3.05) is 19.3 Å². The van der Waals surface area contributed by atoms with Crippen LogP contribution >= 0.6 is 15.9 Å². The summed E-state index contributed by atoms with van der Waals surface area (Å²) < 4.78 is 18.4. The van der Waals surface area contributed by atoms with Crippen molar-refractivity contribution < 1.29 is 13.7 Å². The highest BCUT2D eigenvalue weighted by atomic mass is 79.9. The zero-order valence-electron chi connectivity index (χ0n) is 14.7. The summed E-state index contributed by atoms with van der Waals surface area (Å²) in [5.41, 5.74) is 2.11. The van der Waals surface area contributed by atoms with Gasteiger partial charge in [-0.1, -0.05) is 46.3 Å². The Labute approximate surface area is 165 Å². The summed E-state index contributed by atoms with van der Waals surface area (Å²) >= 11 is 3.51. The summed E-state index contributed by atoms with van der Waals surface area (Å²) in [5.74, 6) is 0.310. The molecular formula is C20H22BrNO3S. The number of ether oxygens (including phenoxy) is 1. The molecule has 1 heterocycles. The van der Waals surface area contributed by atoms with Crippen LogP contribution in [0.4, 0.5) is 4.79 Å². The Hall–Kier alpha value is -1.66. The molecule has 2 aromatic carbocycles. The first kappa shape index (κ1) is 19.1. The third kappa shape index (κ3) is 4.74. The fourth-order valence-corrected chi connectivity index (χ4v) is 4.48. The van der Waals surface area contributed by atoms with Gasteiger partial charge in [-0.05, 0) is 48.1 Å². The number of rotatable bonds is 4. The first-order chi connectivity index (χ1) is 12.5. The number of carbonyl (C=O) groups excluding carboxylic acids is 1. The van der Waals surface area contributed by atoms with Gasteiger partial charge in [0.2, 0.25) is 0 Å². The molecule has 0 saturated carbocycles. The number of carbonyl (C=O) groups is 1. The Morgan fingerprint density at radius 2 is 1.88 bits per heavy atom. The van der Waals surface area contributed by atoms with Crippen LogP contribution in [0.1, 0.15) is 29.9 Å². The monoisotopic (exact) mass is 435 g/mol. The average Bonchev–Trinajstić information content (AvgIpc) is 2.66. The van der Waals surface area contributed by atoms with Crippen molar-refractivity contribution in [2.45, 2.75) is 30.3 Å². The topological polar surface area (TPSA) is 46.6 Å². The van der Waals surface area contributed by atoms with Crippen molar-refractivity contribution in [2.24, 2.45) is 0 Å². The first-order valence-corrected chi connectivity index (χ1v) is 11.0. The van der Waals surface area contributed by atoms with E-state index in [9.17, 15) is 9.00 Å². The zero-order chi connectivity index (χ0) is 18.5. The predicted molar refractivity (Wildman–Crippen MR) is 107 cm³/mol. The quantitative estimate of drug-likeness (QED) is 0.698. The van der Waals surface area contributed by atoms with Crippen molar-refractivity contribution in [1.29, 1.82) is 0 Å². The highest BCUT2D eigenvalue weighted by molar-refractivity contribution is 9.10. The summed E-state index contributed by atoms with van der Waals surface area (Å²) in [6.07, 6.45) is 3.14. The largest absolute Gasteiger partial charge is 0.445 e. The molecular weight excluding hydrogens is 414 g/mol. The molecule has 1 aliphatic heterocycles. The second-order valence-corrected chi connectivity index (χ2v) is 8.70. The second kappa shape index (κ2) is 8.82. The van der Waals surface area contributed by atoms with Crippen LogP contribution in [-0.4, -0.2) is 34.5 Å². The fraction of sp³-hybridized carbons (Fsp3) is 0.350. The van der Waals surface area contributed by atoms with E-state index in [1.807, 2.05) is 42.5 Å². The minimum Gasteiger partial charge on any atom is -0.445 e. The lowest BCUT2D eigenvalue weighted by Crippen LogP contribution is -2.38. The Morgan fingerprint density at radius 1 is 1.19 bits per heavy atom. The van der Waals surface area contributed by atoms with Crippen LogP contribution < -0.4 is 0 Å². The molecule has 0 spiro atoms. The smallest absolute Gasteiger partial charge is 0.410 e. The van der Waals surface area contributed by atoms with Gasteiger partial charge in [0.25, 0.3) is 0 Å². The van der Waals surface area contributed by atoms with E-state index in [1.54, 1.807) is 11.2 Å². The van der Waals surface area contributed by atoms with E-state index < -0.39 is 10.8 Å². The van der Waals surface area contributed by atoms with Gasteiger partial charge in [-0.25, -0.2) is 4.79 Å². The fourth-order valence-electron chi connectivity index (χ4n) is 3.28. The lowest BCUT2D eigenvalue weighted by Gasteiger charge is -2.32. The summed E-state index contributed by atoms with van der Waals surface area (Å²) in [6, 6.07) is 15.6. The maximum atomic E-state index is 12.3. The average molecular weight is 436 g/mol. The molecule has 1 amide bonds. The minimum absolute atomic E-state index is 0.263. The maximum absolute atomic E-state index is 12.3. The highest BCUT2D eigenvalue weighted by Crippen LogP contribution is 2.33. The van der Waals surface area contributed by atoms with E-state index in [0.717, 1.165) is 33.3 Å². The maximum Gasteiger partial charge on any atom is 0.410 e. The Kier molecular flexibility index (Phi) is 6.48. The molecule has 138 valence electrons. The van der Waals surface area contributed by atoms with Crippen LogP contribution in [0.3, 0.4) is 0 Å². The van der Waals surface area contributed by atoms with Crippen LogP contribution in [-0.2, 0) is 22.1 Å². The SMILES string of the molecule is CS(=O)c1ccc(Br)cc1C1CCN(C(=O)OCc2ccccc2)CC1. The molecule has 0 aromatic heterocycles. The highest BCUT2D eigenvalue weighted by Gasteiger charge is 2.26. The van der Waals surface area contributed by atoms with Gasteiger partial charge in [-0.15, -0.1) is 0 Å². The van der Waals surface area contributed by atoms with Crippen molar-refractivity contribution in [1.82, 2.24) is 4.90 Å². The zero-order valence-corrected chi connectivity index (χ0v) is 17.1.